The zero-order chi connectivity index (χ0) is 12.2. The van der Waals surface area contributed by atoms with Crippen LogP contribution in [0.2, 0.25) is 0 Å². The van der Waals surface area contributed by atoms with Crippen molar-refractivity contribution in [3.63, 3.8) is 0 Å². The van der Waals surface area contributed by atoms with E-state index in [9.17, 15) is 8.42 Å². The van der Waals surface area contributed by atoms with E-state index in [4.69, 9.17) is 0 Å². The van der Waals surface area contributed by atoms with Crippen molar-refractivity contribution in [3.05, 3.63) is 28.7 Å². The summed E-state index contributed by atoms with van der Waals surface area (Å²) in [7, 11) is -3.48. The van der Waals surface area contributed by atoms with Crippen molar-refractivity contribution in [1.82, 2.24) is 4.72 Å². The van der Waals surface area contributed by atoms with Gasteiger partial charge in [-0.15, -0.1) is 0 Å². The molecule has 0 aliphatic rings. The van der Waals surface area contributed by atoms with Gasteiger partial charge in [0.25, 0.3) is 10.2 Å². The van der Waals surface area contributed by atoms with E-state index in [1.165, 1.54) is 0 Å². The van der Waals surface area contributed by atoms with Gasteiger partial charge in [-0.05, 0) is 34.0 Å². The van der Waals surface area contributed by atoms with Crippen LogP contribution in [0.1, 0.15) is 13.8 Å². The van der Waals surface area contributed by atoms with Crippen molar-refractivity contribution in [2.24, 2.45) is 5.92 Å². The number of benzene rings is 1. The number of halogens is 1. The van der Waals surface area contributed by atoms with Gasteiger partial charge >= 0.3 is 0 Å². The molecule has 0 unspecified atom stereocenters. The second kappa shape index (κ2) is 5.65. The minimum atomic E-state index is -3.48. The summed E-state index contributed by atoms with van der Waals surface area (Å²) in [5.74, 6) is 0.274. The third kappa shape index (κ3) is 4.51. The fraction of sp³-hybridized carbons (Fsp3) is 0.400. The summed E-state index contributed by atoms with van der Waals surface area (Å²) in [5.41, 5.74) is 0.527. The van der Waals surface area contributed by atoms with Crippen LogP contribution in [-0.2, 0) is 10.2 Å². The van der Waals surface area contributed by atoms with Gasteiger partial charge in [-0.25, -0.2) is 0 Å². The molecule has 16 heavy (non-hydrogen) atoms. The average molecular weight is 307 g/mol. The number of hydrogen-bond donors (Lipinski definition) is 2. The largest absolute Gasteiger partial charge is 0.299 e. The predicted octanol–water partition coefficient (Wildman–Crippen LogP) is 2.35. The molecule has 90 valence electrons. The molecule has 0 aliphatic carbocycles. The second-order valence-electron chi connectivity index (χ2n) is 3.83. The molecule has 6 heteroatoms. The van der Waals surface area contributed by atoms with Crippen LogP contribution < -0.4 is 9.44 Å². The standard InChI is InChI=1S/C10H15BrN2O2S/c1-8(2)7-12-16(14,15)13-10-6-4-3-5-9(10)11/h3-6,8,12-13H,7H2,1-2H3. The third-order valence-electron chi connectivity index (χ3n) is 1.80. The van der Waals surface area contributed by atoms with Crippen molar-refractivity contribution in [1.29, 1.82) is 0 Å². The lowest BCUT2D eigenvalue weighted by Crippen LogP contribution is -2.32. The molecule has 0 spiro atoms. The molecule has 0 aliphatic heterocycles. The maximum Gasteiger partial charge on any atom is 0.299 e. The van der Waals surface area contributed by atoms with Crippen LogP contribution in [0, 0.1) is 5.92 Å². The van der Waals surface area contributed by atoms with Crippen molar-refractivity contribution in [2.45, 2.75) is 13.8 Å². The van der Waals surface area contributed by atoms with Gasteiger partial charge < -0.3 is 0 Å². The maximum absolute atomic E-state index is 11.6. The molecule has 1 aromatic carbocycles. The Hall–Kier alpha value is -0.590. The lowest BCUT2D eigenvalue weighted by atomic mass is 10.2. The summed E-state index contributed by atoms with van der Waals surface area (Å²) in [6, 6.07) is 7.06. The highest BCUT2D eigenvalue weighted by molar-refractivity contribution is 9.10. The fourth-order valence-electron chi connectivity index (χ4n) is 1.00. The molecule has 1 rings (SSSR count). The third-order valence-corrected chi connectivity index (χ3v) is 3.53. The molecular weight excluding hydrogens is 292 g/mol. The SMILES string of the molecule is CC(C)CNS(=O)(=O)Nc1ccccc1Br. The molecule has 4 nitrogen and oxygen atoms in total. The van der Waals surface area contributed by atoms with E-state index < -0.39 is 10.2 Å². The molecule has 2 N–H and O–H groups in total. The van der Waals surface area contributed by atoms with Gasteiger partial charge in [-0.1, -0.05) is 26.0 Å². The molecule has 0 amide bonds. The quantitative estimate of drug-likeness (QED) is 0.877. The lowest BCUT2D eigenvalue weighted by Gasteiger charge is -2.11. The van der Waals surface area contributed by atoms with E-state index in [0.29, 0.717) is 16.7 Å². The van der Waals surface area contributed by atoms with Crippen LogP contribution in [0.3, 0.4) is 0 Å². The molecular formula is C10H15BrN2O2S. The van der Waals surface area contributed by atoms with Crippen molar-refractivity contribution < 1.29 is 8.42 Å². The van der Waals surface area contributed by atoms with Crippen molar-refractivity contribution in [3.8, 4) is 0 Å². The molecule has 0 fully saturated rings. The lowest BCUT2D eigenvalue weighted by molar-refractivity contribution is 0.565. The highest BCUT2D eigenvalue weighted by Crippen LogP contribution is 2.21. The number of anilines is 1. The van der Waals surface area contributed by atoms with E-state index in [-0.39, 0.29) is 5.92 Å². The summed E-state index contributed by atoms with van der Waals surface area (Å²) in [5, 5.41) is 0. The Balaban J connectivity index is 2.70. The van der Waals surface area contributed by atoms with Gasteiger partial charge in [0, 0.05) is 11.0 Å². The normalized spacial score (nSPS) is 11.8. The molecule has 0 saturated carbocycles. The van der Waals surface area contributed by atoms with Crippen LogP contribution in [-0.4, -0.2) is 15.0 Å². The van der Waals surface area contributed by atoms with Gasteiger partial charge in [-0.2, -0.15) is 13.1 Å². The fourth-order valence-corrected chi connectivity index (χ4v) is 2.61. The van der Waals surface area contributed by atoms with Crippen molar-refractivity contribution >= 4 is 31.8 Å². The minimum absolute atomic E-state index is 0.274. The van der Waals surface area contributed by atoms with E-state index >= 15 is 0 Å². The zero-order valence-electron chi connectivity index (χ0n) is 9.20. The Morgan fingerprint density at radius 1 is 1.31 bits per heavy atom. The molecule has 0 radical (unpaired) electrons. The van der Waals surface area contributed by atoms with Gasteiger partial charge in [0.1, 0.15) is 0 Å². The van der Waals surface area contributed by atoms with Crippen LogP contribution in [0.4, 0.5) is 5.69 Å². The summed E-state index contributed by atoms with van der Waals surface area (Å²) in [4.78, 5) is 0. The summed E-state index contributed by atoms with van der Waals surface area (Å²) >= 11 is 3.27. The molecule has 0 saturated heterocycles. The highest BCUT2D eigenvalue weighted by Gasteiger charge is 2.11. The van der Waals surface area contributed by atoms with Gasteiger partial charge in [0.15, 0.2) is 0 Å². The molecule has 0 aromatic heterocycles. The van der Waals surface area contributed by atoms with E-state index in [1.807, 2.05) is 19.9 Å². The van der Waals surface area contributed by atoms with Crippen LogP contribution in [0.15, 0.2) is 28.7 Å². The Kier molecular flexibility index (Phi) is 4.76. The molecule has 0 bridgehead atoms. The first kappa shape index (κ1) is 13.5. The number of hydrogen-bond acceptors (Lipinski definition) is 2. The Morgan fingerprint density at radius 2 is 1.94 bits per heavy atom. The smallest absolute Gasteiger partial charge is 0.270 e. The second-order valence-corrected chi connectivity index (χ2v) is 6.18. The summed E-state index contributed by atoms with van der Waals surface area (Å²) < 4.78 is 28.9. The van der Waals surface area contributed by atoms with Crippen LogP contribution in [0.5, 0.6) is 0 Å². The number of nitrogens with one attached hydrogen (secondary N) is 2. The summed E-state index contributed by atoms with van der Waals surface area (Å²) in [6.07, 6.45) is 0. The Morgan fingerprint density at radius 3 is 2.50 bits per heavy atom. The van der Waals surface area contributed by atoms with Gasteiger partial charge in [0.05, 0.1) is 5.69 Å². The maximum atomic E-state index is 11.6. The first-order chi connectivity index (χ1) is 7.41. The topological polar surface area (TPSA) is 58.2 Å². The predicted molar refractivity (Wildman–Crippen MR) is 69.5 cm³/mol. The molecule has 0 heterocycles. The zero-order valence-corrected chi connectivity index (χ0v) is 11.6. The Bertz CT molecular complexity index is 446. The van der Waals surface area contributed by atoms with E-state index in [2.05, 4.69) is 25.4 Å². The summed E-state index contributed by atoms with van der Waals surface area (Å²) in [6.45, 7) is 4.31. The van der Waals surface area contributed by atoms with E-state index in [0.717, 1.165) is 0 Å². The molecule has 1 aromatic rings. The first-order valence-electron chi connectivity index (χ1n) is 4.92. The van der Waals surface area contributed by atoms with Crippen LogP contribution >= 0.6 is 15.9 Å². The Labute approximate surface area is 105 Å². The van der Waals surface area contributed by atoms with Crippen LogP contribution in [0.25, 0.3) is 0 Å². The van der Waals surface area contributed by atoms with E-state index in [1.54, 1.807) is 18.2 Å². The minimum Gasteiger partial charge on any atom is -0.270 e. The van der Waals surface area contributed by atoms with Crippen molar-refractivity contribution in [2.75, 3.05) is 11.3 Å². The monoisotopic (exact) mass is 306 g/mol. The average Bonchev–Trinajstić information content (AvgIpc) is 2.19. The number of rotatable bonds is 5. The van der Waals surface area contributed by atoms with Gasteiger partial charge in [-0.3, -0.25) is 4.72 Å². The van der Waals surface area contributed by atoms with Gasteiger partial charge in [0.2, 0.25) is 0 Å². The highest BCUT2D eigenvalue weighted by atomic mass is 79.9. The first-order valence-corrected chi connectivity index (χ1v) is 7.20. The molecule has 0 atom stereocenters. The number of para-hydroxylation sites is 1.